The van der Waals surface area contributed by atoms with Crippen molar-refractivity contribution in [3.63, 3.8) is 0 Å². The van der Waals surface area contributed by atoms with Crippen LogP contribution in [-0.2, 0) is 11.3 Å². The summed E-state index contributed by atoms with van der Waals surface area (Å²) in [4.78, 5) is 17.1. The number of benzene rings is 1. The number of halogens is 1. The molecule has 0 unspecified atom stereocenters. The third-order valence-corrected chi connectivity index (χ3v) is 4.32. The lowest BCUT2D eigenvalue weighted by atomic mass is 10.2. The summed E-state index contributed by atoms with van der Waals surface area (Å²) in [5.74, 6) is -0.953. The maximum atomic E-state index is 10.5. The van der Waals surface area contributed by atoms with Crippen molar-refractivity contribution in [3.05, 3.63) is 50.4 Å². The summed E-state index contributed by atoms with van der Waals surface area (Å²) in [6.45, 7) is 2.72. The van der Waals surface area contributed by atoms with Gasteiger partial charge in [-0.3, -0.25) is 0 Å². The first-order valence-electron chi connectivity index (χ1n) is 6.28. The molecular weight excluding hydrogens is 352 g/mol. The first-order valence-corrected chi connectivity index (χ1v) is 7.95. The van der Waals surface area contributed by atoms with Gasteiger partial charge in [-0.05, 0) is 46.6 Å². The molecular formula is C15H15BrN2O2S. The van der Waals surface area contributed by atoms with Gasteiger partial charge in [0.15, 0.2) is 0 Å². The van der Waals surface area contributed by atoms with Gasteiger partial charge in [0.25, 0.3) is 0 Å². The average Bonchev–Trinajstić information content (AvgIpc) is 2.81. The molecule has 2 rings (SSSR count). The number of rotatable bonds is 5. The van der Waals surface area contributed by atoms with Crippen LogP contribution in [0.1, 0.15) is 16.3 Å². The molecule has 0 bridgehead atoms. The minimum atomic E-state index is -0.953. The number of hydrogen-bond acceptors (Lipinski definition) is 4. The van der Waals surface area contributed by atoms with E-state index in [0.29, 0.717) is 0 Å². The predicted octanol–water partition coefficient (Wildman–Crippen LogP) is 3.95. The molecule has 0 aliphatic carbocycles. The molecule has 2 aromatic rings. The van der Waals surface area contributed by atoms with E-state index in [1.54, 1.807) is 17.4 Å². The van der Waals surface area contributed by atoms with Gasteiger partial charge in [0.05, 0.1) is 22.9 Å². The zero-order valence-electron chi connectivity index (χ0n) is 11.7. The van der Waals surface area contributed by atoms with Crippen LogP contribution in [0.3, 0.4) is 0 Å². The largest absolute Gasteiger partial charge is 0.478 e. The molecule has 0 saturated carbocycles. The molecule has 1 heterocycles. The van der Waals surface area contributed by atoms with Gasteiger partial charge >= 0.3 is 5.97 Å². The molecule has 0 aliphatic rings. The lowest BCUT2D eigenvalue weighted by molar-refractivity contribution is -0.131. The fourth-order valence-electron chi connectivity index (χ4n) is 1.91. The van der Waals surface area contributed by atoms with E-state index in [1.807, 2.05) is 32.2 Å². The number of aryl methyl sites for hydroxylation is 1. The minimum Gasteiger partial charge on any atom is -0.478 e. The topological polar surface area (TPSA) is 53.4 Å². The number of carbonyl (C=O) groups is 1. The van der Waals surface area contributed by atoms with Crippen molar-refractivity contribution >= 4 is 45.0 Å². The Morgan fingerprint density at radius 2 is 2.29 bits per heavy atom. The molecule has 0 saturated heterocycles. The Labute approximate surface area is 135 Å². The highest BCUT2D eigenvalue weighted by Gasteiger charge is 2.08. The molecule has 110 valence electrons. The number of carboxylic acid groups (broad SMARTS) is 1. The van der Waals surface area contributed by atoms with Crippen LogP contribution in [0.5, 0.6) is 0 Å². The van der Waals surface area contributed by atoms with Crippen LogP contribution in [0.25, 0.3) is 6.08 Å². The van der Waals surface area contributed by atoms with E-state index < -0.39 is 5.97 Å². The number of aromatic nitrogens is 1. The summed E-state index contributed by atoms with van der Waals surface area (Å²) >= 11 is 5.18. The summed E-state index contributed by atoms with van der Waals surface area (Å²) in [5.41, 5.74) is 2.92. The smallest absolute Gasteiger partial charge is 0.328 e. The third kappa shape index (κ3) is 4.41. The van der Waals surface area contributed by atoms with Crippen LogP contribution in [-0.4, -0.2) is 23.1 Å². The molecule has 0 atom stereocenters. The SMILES string of the molecule is Cc1nc(CN(C)c2ccc(/C=C/C(=O)O)cc2Br)cs1. The van der Waals surface area contributed by atoms with Crippen LogP contribution in [0.2, 0.25) is 0 Å². The average molecular weight is 367 g/mol. The molecule has 4 nitrogen and oxygen atoms in total. The molecule has 0 fully saturated rings. The predicted molar refractivity (Wildman–Crippen MR) is 89.8 cm³/mol. The Morgan fingerprint density at radius 3 is 2.86 bits per heavy atom. The van der Waals surface area contributed by atoms with E-state index in [4.69, 9.17) is 5.11 Å². The Balaban J connectivity index is 2.14. The van der Waals surface area contributed by atoms with Crippen molar-refractivity contribution in [2.24, 2.45) is 0 Å². The van der Waals surface area contributed by atoms with Gasteiger partial charge in [-0.25, -0.2) is 9.78 Å². The van der Waals surface area contributed by atoms with E-state index >= 15 is 0 Å². The molecule has 0 spiro atoms. The molecule has 0 amide bonds. The van der Waals surface area contributed by atoms with Gasteiger partial charge in [-0.15, -0.1) is 11.3 Å². The molecule has 1 aromatic carbocycles. The number of carboxylic acids is 1. The number of thiazole rings is 1. The van der Waals surface area contributed by atoms with Crippen molar-refractivity contribution in [1.29, 1.82) is 0 Å². The number of hydrogen-bond donors (Lipinski definition) is 1. The normalized spacial score (nSPS) is 11.0. The van der Waals surface area contributed by atoms with Crippen LogP contribution in [0.15, 0.2) is 34.1 Å². The molecule has 1 N–H and O–H groups in total. The highest BCUT2D eigenvalue weighted by atomic mass is 79.9. The second kappa shape index (κ2) is 6.87. The Bertz CT molecular complexity index is 682. The molecule has 0 aliphatic heterocycles. The molecule has 21 heavy (non-hydrogen) atoms. The van der Waals surface area contributed by atoms with Gasteiger partial charge in [0, 0.05) is 23.0 Å². The van der Waals surface area contributed by atoms with Crippen LogP contribution >= 0.6 is 27.3 Å². The van der Waals surface area contributed by atoms with Gasteiger partial charge < -0.3 is 10.0 Å². The standard InChI is InChI=1S/C15H15BrN2O2S/c1-10-17-12(9-21-10)8-18(2)14-5-3-11(7-13(14)16)4-6-15(19)20/h3-7,9H,8H2,1-2H3,(H,19,20)/b6-4+. The third-order valence-electron chi connectivity index (χ3n) is 2.87. The van der Waals surface area contributed by atoms with Crippen LogP contribution < -0.4 is 4.90 Å². The van der Waals surface area contributed by atoms with Gasteiger partial charge in [0.1, 0.15) is 0 Å². The number of anilines is 1. The van der Waals surface area contributed by atoms with E-state index in [9.17, 15) is 4.79 Å². The summed E-state index contributed by atoms with van der Waals surface area (Å²) < 4.78 is 0.921. The fraction of sp³-hybridized carbons (Fsp3) is 0.200. The van der Waals surface area contributed by atoms with E-state index in [2.05, 4.69) is 31.2 Å². The quantitative estimate of drug-likeness (QED) is 0.814. The van der Waals surface area contributed by atoms with Crippen molar-refractivity contribution in [2.45, 2.75) is 13.5 Å². The molecule has 6 heteroatoms. The monoisotopic (exact) mass is 366 g/mol. The second-order valence-corrected chi connectivity index (χ2v) is 6.51. The highest BCUT2D eigenvalue weighted by molar-refractivity contribution is 9.10. The fourth-order valence-corrected chi connectivity index (χ4v) is 3.22. The van der Waals surface area contributed by atoms with Crippen molar-refractivity contribution in [1.82, 2.24) is 4.98 Å². The minimum absolute atomic E-state index is 0.729. The van der Waals surface area contributed by atoms with E-state index in [0.717, 1.165) is 39.0 Å². The van der Waals surface area contributed by atoms with Crippen molar-refractivity contribution in [2.75, 3.05) is 11.9 Å². The first-order chi connectivity index (χ1) is 9.95. The van der Waals surface area contributed by atoms with Gasteiger partial charge in [0.2, 0.25) is 0 Å². The lowest BCUT2D eigenvalue weighted by Gasteiger charge is -2.20. The van der Waals surface area contributed by atoms with E-state index in [1.165, 1.54) is 0 Å². The lowest BCUT2D eigenvalue weighted by Crippen LogP contribution is -2.17. The second-order valence-electron chi connectivity index (χ2n) is 4.60. The highest BCUT2D eigenvalue weighted by Crippen LogP contribution is 2.28. The number of nitrogens with zero attached hydrogens (tertiary/aromatic N) is 2. The summed E-state index contributed by atoms with van der Waals surface area (Å²) in [7, 11) is 2.00. The van der Waals surface area contributed by atoms with Crippen LogP contribution in [0.4, 0.5) is 5.69 Å². The van der Waals surface area contributed by atoms with E-state index in [-0.39, 0.29) is 0 Å². The van der Waals surface area contributed by atoms with Crippen molar-refractivity contribution < 1.29 is 9.90 Å². The Hall–Kier alpha value is -1.66. The van der Waals surface area contributed by atoms with Crippen molar-refractivity contribution in [3.8, 4) is 0 Å². The maximum Gasteiger partial charge on any atom is 0.328 e. The Morgan fingerprint density at radius 1 is 1.52 bits per heavy atom. The molecule has 0 radical (unpaired) electrons. The summed E-state index contributed by atoms with van der Waals surface area (Å²) in [5, 5.41) is 11.8. The maximum absolute atomic E-state index is 10.5. The van der Waals surface area contributed by atoms with Gasteiger partial charge in [-0.2, -0.15) is 0 Å². The first kappa shape index (κ1) is 15.7. The molecule has 1 aromatic heterocycles. The summed E-state index contributed by atoms with van der Waals surface area (Å²) in [6, 6.07) is 5.75. The van der Waals surface area contributed by atoms with Crippen LogP contribution in [0, 0.1) is 6.92 Å². The van der Waals surface area contributed by atoms with Gasteiger partial charge in [-0.1, -0.05) is 6.07 Å². The Kier molecular flexibility index (Phi) is 5.14. The number of aliphatic carboxylic acids is 1. The zero-order chi connectivity index (χ0) is 15.4. The summed E-state index contributed by atoms with van der Waals surface area (Å²) in [6.07, 6.45) is 2.70. The zero-order valence-corrected chi connectivity index (χ0v) is 14.1.